The molecule has 35 heavy (non-hydrogen) atoms. The molecule has 0 aromatic heterocycles. The minimum Gasteiger partial charge on any atom is -0.391 e. The highest BCUT2D eigenvalue weighted by atomic mass is 32.2. The van der Waals surface area contributed by atoms with Crippen LogP contribution >= 0.6 is 0 Å². The smallest absolute Gasteiger partial charge is 0.241 e. The third kappa shape index (κ3) is 7.39. The van der Waals surface area contributed by atoms with Gasteiger partial charge < -0.3 is 26.5 Å². The number of nitrogens with one attached hydrogen (secondary N) is 2. The van der Waals surface area contributed by atoms with Crippen LogP contribution in [0.2, 0.25) is 0 Å². The van der Waals surface area contributed by atoms with Crippen molar-refractivity contribution in [2.45, 2.75) is 23.8 Å². The van der Waals surface area contributed by atoms with Crippen LogP contribution < -0.4 is 21.5 Å². The van der Waals surface area contributed by atoms with Gasteiger partial charge in [-0.3, -0.25) is 9.59 Å². The fourth-order valence-electron chi connectivity index (χ4n) is 3.54. The lowest BCUT2D eigenvalue weighted by Gasteiger charge is -2.32. The second-order valence-corrected chi connectivity index (χ2v) is 9.52. The Morgan fingerprint density at radius 1 is 1.17 bits per heavy atom. The fourth-order valence-corrected chi connectivity index (χ4v) is 4.77. The third-order valence-corrected chi connectivity index (χ3v) is 6.66. The Kier molecular flexibility index (Phi) is 8.60. The van der Waals surface area contributed by atoms with Gasteiger partial charge in [-0.25, -0.2) is 12.8 Å². The number of carbonyl (C=O) groups is 2. The number of nitrogens with two attached hydrogens (primary N) is 2. The number of benzene rings is 2. The average Bonchev–Trinajstić information content (AvgIpc) is 2.81. The molecule has 0 radical (unpaired) electrons. The maximum Gasteiger partial charge on any atom is 0.241 e. The number of hydrogen-bond donors (Lipinski definition) is 4. The van der Waals surface area contributed by atoms with Crippen molar-refractivity contribution in [3.63, 3.8) is 0 Å². The van der Waals surface area contributed by atoms with E-state index in [9.17, 15) is 22.4 Å². The Bertz CT molecular complexity index is 1190. The summed E-state index contributed by atoms with van der Waals surface area (Å²) in [4.78, 5) is 31.0. The second-order valence-electron chi connectivity index (χ2n) is 7.81. The number of likely N-dealkylation sites (tertiary alicyclic amines) is 1. The van der Waals surface area contributed by atoms with Crippen LogP contribution in [0.15, 0.2) is 58.6 Å². The van der Waals surface area contributed by atoms with Gasteiger partial charge in [0.1, 0.15) is 18.5 Å². The molecule has 0 bridgehead atoms. The van der Waals surface area contributed by atoms with Crippen molar-refractivity contribution >= 4 is 27.8 Å². The Hall–Kier alpha value is -3.71. The number of sulfonamides is 1. The molecule has 11 nitrogen and oxygen atoms in total. The number of hydrogen-bond acceptors (Lipinski definition) is 6. The predicted octanol–water partition coefficient (Wildman–Crippen LogP) is 0.0832. The van der Waals surface area contributed by atoms with Gasteiger partial charge >= 0.3 is 0 Å². The van der Waals surface area contributed by atoms with E-state index < -0.39 is 33.7 Å². The average molecular weight is 507 g/mol. The molecule has 188 valence electrons. The summed E-state index contributed by atoms with van der Waals surface area (Å²) in [6.45, 7) is 0.274. The molecule has 1 aliphatic heterocycles. The minimum absolute atomic E-state index is 0.0268. The number of rotatable bonds is 10. The Morgan fingerprint density at radius 2 is 1.91 bits per heavy atom. The summed E-state index contributed by atoms with van der Waals surface area (Å²) in [7, 11) is -4.00. The first-order chi connectivity index (χ1) is 16.7. The molecule has 2 aromatic rings. The van der Waals surface area contributed by atoms with Gasteiger partial charge in [0, 0.05) is 6.54 Å². The molecule has 6 N–H and O–H groups in total. The van der Waals surface area contributed by atoms with Gasteiger partial charge in [-0.05, 0) is 53.4 Å². The lowest BCUT2D eigenvalue weighted by Crippen LogP contribution is -2.54. The van der Waals surface area contributed by atoms with Gasteiger partial charge in [-0.15, -0.1) is 0 Å². The SMILES string of the molecule is NC(N)=NOCCNC(=O)CN1CCC[C@H](NS(=O)(=O)c2ccc(-c3cccc(F)c3)cc2)C1=O. The van der Waals surface area contributed by atoms with Crippen molar-refractivity contribution in [1.29, 1.82) is 0 Å². The quantitative estimate of drug-likeness (QED) is 0.153. The lowest BCUT2D eigenvalue weighted by molar-refractivity contribution is -0.139. The molecule has 1 atom stereocenters. The first-order valence-electron chi connectivity index (χ1n) is 10.8. The predicted molar refractivity (Wildman–Crippen MR) is 127 cm³/mol. The number of guanidine groups is 1. The third-order valence-electron chi connectivity index (χ3n) is 5.17. The molecule has 1 heterocycles. The molecule has 1 aliphatic rings. The van der Waals surface area contributed by atoms with Crippen LogP contribution in [-0.4, -0.2) is 63.4 Å². The van der Waals surface area contributed by atoms with Crippen LogP contribution in [0.4, 0.5) is 4.39 Å². The summed E-state index contributed by atoms with van der Waals surface area (Å²) in [5, 5.41) is 5.88. The summed E-state index contributed by atoms with van der Waals surface area (Å²) in [5.41, 5.74) is 11.5. The van der Waals surface area contributed by atoms with Gasteiger partial charge in [-0.2, -0.15) is 4.72 Å². The van der Waals surface area contributed by atoms with Crippen LogP contribution in [0.5, 0.6) is 0 Å². The molecular formula is C22H27FN6O5S. The largest absolute Gasteiger partial charge is 0.391 e. The van der Waals surface area contributed by atoms with E-state index in [1.807, 2.05) is 0 Å². The summed E-state index contributed by atoms with van der Waals surface area (Å²) < 4.78 is 41.6. The Balaban J connectivity index is 1.57. The maximum absolute atomic E-state index is 13.5. The minimum atomic E-state index is -4.00. The molecule has 1 saturated heterocycles. The molecule has 2 amide bonds. The standard InChI is InChI=1S/C22H27FN6O5S/c23-17-4-1-3-16(13-17)15-6-8-18(9-7-15)35(32,33)28-19-5-2-11-29(21(19)31)14-20(30)26-10-12-34-27-22(24)25/h1,3-4,6-9,13,19,28H,2,5,10-12,14H2,(H,26,30)(H4,24,25,27)/t19-/m0/s1. The van der Waals surface area contributed by atoms with Crippen LogP contribution in [0.1, 0.15) is 12.8 Å². The molecule has 13 heteroatoms. The van der Waals surface area contributed by atoms with Crippen LogP contribution in [-0.2, 0) is 24.4 Å². The molecule has 0 spiro atoms. The van der Waals surface area contributed by atoms with Crippen LogP contribution in [0.25, 0.3) is 11.1 Å². The monoisotopic (exact) mass is 506 g/mol. The summed E-state index contributed by atoms with van der Waals surface area (Å²) in [5.74, 6) is -1.55. The zero-order valence-electron chi connectivity index (χ0n) is 18.8. The molecule has 2 aromatic carbocycles. The van der Waals surface area contributed by atoms with Crippen molar-refractivity contribution in [1.82, 2.24) is 14.9 Å². The molecular weight excluding hydrogens is 479 g/mol. The molecule has 0 saturated carbocycles. The van der Waals surface area contributed by atoms with Gasteiger partial charge in [0.2, 0.25) is 27.8 Å². The van der Waals surface area contributed by atoms with Gasteiger partial charge in [-0.1, -0.05) is 24.3 Å². The lowest BCUT2D eigenvalue weighted by atomic mass is 10.1. The summed E-state index contributed by atoms with van der Waals surface area (Å²) in [6.07, 6.45) is 0.836. The van der Waals surface area contributed by atoms with E-state index >= 15 is 0 Å². The summed E-state index contributed by atoms with van der Waals surface area (Å²) >= 11 is 0. The number of piperidine rings is 1. The number of nitrogens with zero attached hydrogens (tertiary/aromatic N) is 2. The van der Waals surface area contributed by atoms with Crippen molar-refractivity contribution in [3.8, 4) is 11.1 Å². The molecule has 1 fully saturated rings. The molecule has 3 rings (SSSR count). The highest BCUT2D eigenvalue weighted by molar-refractivity contribution is 7.89. The highest BCUT2D eigenvalue weighted by Crippen LogP contribution is 2.23. The van der Waals surface area contributed by atoms with Gasteiger partial charge in [0.25, 0.3) is 0 Å². The number of oxime groups is 1. The highest BCUT2D eigenvalue weighted by Gasteiger charge is 2.33. The zero-order valence-corrected chi connectivity index (χ0v) is 19.6. The Labute approximate surface area is 202 Å². The Morgan fingerprint density at radius 3 is 2.60 bits per heavy atom. The first kappa shape index (κ1) is 25.9. The number of carbonyl (C=O) groups excluding carboxylic acids is 2. The maximum atomic E-state index is 13.5. The van der Waals surface area contributed by atoms with Crippen molar-refractivity contribution in [3.05, 3.63) is 54.3 Å². The van der Waals surface area contributed by atoms with Crippen LogP contribution in [0, 0.1) is 5.82 Å². The van der Waals surface area contributed by atoms with E-state index in [-0.39, 0.29) is 30.6 Å². The molecule has 0 unspecified atom stereocenters. The zero-order chi connectivity index (χ0) is 25.4. The van der Waals surface area contributed by atoms with E-state index in [0.717, 1.165) is 0 Å². The topological polar surface area (TPSA) is 169 Å². The van der Waals surface area contributed by atoms with Crippen molar-refractivity contribution in [2.24, 2.45) is 16.6 Å². The second kappa shape index (κ2) is 11.6. The van der Waals surface area contributed by atoms with Crippen LogP contribution in [0.3, 0.4) is 0 Å². The van der Waals surface area contributed by atoms with E-state index in [1.54, 1.807) is 24.3 Å². The first-order valence-corrected chi connectivity index (χ1v) is 12.3. The van der Waals surface area contributed by atoms with Gasteiger partial charge in [0.15, 0.2) is 0 Å². The number of amides is 2. The number of halogens is 1. The van der Waals surface area contributed by atoms with E-state index in [2.05, 4.69) is 15.2 Å². The summed E-state index contributed by atoms with van der Waals surface area (Å²) in [6, 6.07) is 10.9. The van der Waals surface area contributed by atoms with E-state index in [4.69, 9.17) is 16.3 Å². The van der Waals surface area contributed by atoms with Crippen molar-refractivity contribution < 1.29 is 27.2 Å². The molecule has 0 aliphatic carbocycles. The van der Waals surface area contributed by atoms with E-state index in [1.165, 1.54) is 29.2 Å². The van der Waals surface area contributed by atoms with Gasteiger partial charge in [0.05, 0.1) is 18.0 Å². The normalized spacial score (nSPS) is 16.0. The van der Waals surface area contributed by atoms with E-state index in [0.29, 0.717) is 30.5 Å². The fraction of sp³-hybridized carbons (Fsp3) is 0.318. The van der Waals surface area contributed by atoms with Crippen molar-refractivity contribution in [2.75, 3.05) is 26.2 Å².